The quantitative estimate of drug-likeness (QED) is 0.863. The largest absolute Gasteiger partial charge is 0.369 e. The van der Waals surface area contributed by atoms with Crippen LogP contribution in [0, 0.1) is 0 Å². The number of likely N-dealkylation sites (tertiary alicyclic amines) is 1. The van der Waals surface area contributed by atoms with Crippen molar-refractivity contribution < 1.29 is 0 Å². The zero-order valence-corrected chi connectivity index (χ0v) is 13.6. The molecule has 0 radical (unpaired) electrons. The summed E-state index contributed by atoms with van der Waals surface area (Å²) in [6.45, 7) is 10.9. The van der Waals surface area contributed by atoms with E-state index in [0.29, 0.717) is 0 Å². The molecule has 4 nitrogen and oxygen atoms in total. The van der Waals surface area contributed by atoms with Crippen molar-refractivity contribution in [3.63, 3.8) is 0 Å². The van der Waals surface area contributed by atoms with Crippen LogP contribution in [0.5, 0.6) is 0 Å². The summed E-state index contributed by atoms with van der Waals surface area (Å²) < 4.78 is 0.844. The Morgan fingerprint density at radius 3 is 2.58 bits per heavy atom. The van der Waals surface area contributed by atoms with Crippen molar-refractivity contribution in [2.45, 2.75) is 39.0 Å². The van der Waals surface area contributed by atoms with Gasteiger partial charge in [-0.05, 0) is 41.9 Å². The van der Waals surface area contributed by atoms with Gasteiger partial charge in [-0.25, -0.2) is 9.97 Å². The molecule has 0 atom stereocenters. The molecule has 0 unspecified atom stereocenters. The van der Waals surface area contributed by atoms with Gasteiger partial charge in [-0.2, -0.15) is 0 Å². The highest BCUT2D eigenvalue weighted by Gasteiger charge is 2.18. The number of hydrogen-bond acceptors (Lipinski definition) is 4. The first kappa shape index (κ1) is 14.7. The van der Waals surface area contributed by atoms with Crippen LogP contribution in [-0.2, 0) is 5.41 Å². The Morgan fingerprint density at radius 1 is 1.26 bits per heavy atom. The van der Waals surface area contributed by atoms with Gasteiger partial charge >= 0.3 is 0 Å². The SMILES string of the molecule is CC(C)(C)c1nc(Br)cc(NCCN2CCCC2)n1. The van der Waals surface area contributed by atoms with E-state index in [1.54, 1.807) is 0 Å². The van der Waals surface area contributed by atoms with E-state index in [0.717, 1.165) is 29.3 Å². The second-order valence-electron chi connectivity index (χ2n) is 6.13. The molecule has 5 heteroatoms. The van der Waals surface area contributed by atoms with E-state index in [1.165, 1.54) is 25.9 Å². The molecule has 0 spiro atoms. The smallest absolute Gasteiger partial charge is 0.137 e. The molecule has 19 heavy (non-hydrogen) atoms. The van der Waals surface area contributed by atoms with Crippen LogP contribution >= 0.6 is 15.9 Å². The van der Waals surface area contributed by atoms with E-state index in [-0.39, 0.29) is 5.41 Å². The van der Waals surface area contributed by atoms with Crippen molar-refractivity contribution in [3.8, 4) is 0 Å². The first-order valence-electron chi connectivity index (χ1n) is 6.96. The number of anilines is 1. The predicted molar refractivity (Wildman–Crippen MR) is 82.6 cm³/mol. The van der Waals surface area contributed by atoms with E-state index in [9.17, 15) is 0 Å². The summed E-state index contributed by atoms with van der Waals surface area (Å²) >= 11 is 3.46. The number of hydrogen-bond donors (Lipinski definition) is 1. The lowest BCUT2D eigenvalue weighted by Crippen LogP contribution is -2.26. The molecule has 0 bridgehead atoms. The van der Waals surface area contributed by atoms with Crippen molar-refractivity contribution in [2.24, 2.45) is 0 Å². The van der Waals surface area contributed by atoms with Crippen LogP contribution in [0.3, 0.4) is 0 Å². The monoisotopic (exact) mass is 326 g/mol. The Balaban J connectivity index is 1.94. The number of halogens is 1. The number of nitrogens with one attached hydrogen (secondary N) is 1. The fourth-order valence-electron chi connectivity index (χ4n) is 2.19. The fraction of sp³-hybridized carbons (Fsp3) is 0.714. The Hall–Kier alpha value is -0.680. The van der Waals surface area contributed by atoms with E-state index < -0.39 is 0 Å². The molecule has 0 amide bonds. The standard InChI is InChI=1S/C14H23BrN4/c1-14(2,3)13-17-11(15)10-12(18-13)16-6-9-19-7-4-5-8-19/h10H,4-9H2,1-3H3,(H,16,17,18). The Kier molecular flexibility index (Phi) is 4.79. The summed E-state index contributed by atoms with van der Waals surface area (Å²) in [4.78, 5) is 11.5. The van der Waals surface area contributed by atoms with E-state index >= 15 is 0 Å². The Labute approximate surface area is 124 Å². The van der Waals surface area contributed by atoms with Gasteiger partial charge in [0, 0.05) is 24.6 Å². The third-order valence-corrected chi connectivity index (χ3v) is 3.70. The van der Waals surface area contributed by atoms with Gasteiger partial charge in [-0.15, -0.1) is 0 Å². The highest BCUT2D eigenvalue weighted by molar-refractivity contribution is 9.10. The maximum absolute atomic E-state index is 4.60. The van der Waals surface area contributed by atoms with Gasteiger partial charge in [-0.1, -0.05) is 20.8 Å². The van der Waals surface area contributed by atoms with Crippen molar-refractivity contribution in [1.29, 1.82) is 0 Å². The third-order valence-electron chi connectivity index (χ3n) is 3.30. The van der Waals surface area contributed by atoms with Crippen LogP contribution in [0.2, 0.25) is 0 Å². The van der Waals surface area contributed by atoms with Gasteiger partial charge < -0.3 is 10.2 Å². The van der Waals surface area contributed by atoms with Crippen LogP contribution in [0.1, 0.15) is 39.4 Å². The second-order valence-corrected chi connectivity index (χ2v) is 6.94. The van der Waals surface area contributed by atoms with Crippen LogP contribution < -0.4 is 5.32 Å². The normalized spacial score (nSPS) is 16.8. The second kappa shape index (κ2) is 6.18. The Morgan fingerprint density at radius 2 is 1.95 bits per heavy atom. The number of rotatable bonds is 4. The minimum Gasteiger partial charge on any atom is -0.369 e. The van der Waals surface area contributed by atoms with E-state index in [1.807, 2.05) is 6.07 Å². The van der Waals surface area contributed by atoms with Crippen LogP contribution in [0.25, 0.3) is 0 Å². The molecule has 1 aliphatic rings. The van der Waals surface area contributed by atoms with E-state index in [2.05, 4.69) is 56.9 Å². The molecular weight excluding hydrogens is 304 g/mol. The summed E-state index contributed by atoms with van der Waals surface area (Å²) in [5.74, 6) is 1.77. The molecule has 2 rings (SSSR count). The maximum Gasteiger partial charge on any atom is 0.137 e. The molecule has 1 aliphatic heterocycles. The lowest BCUT2D eigenvalue weighted by Gasteiger charge is -2.19. The van der Waals surface area contributed by atoms with Crippen molar-refractivity contribution >= 4 is 21.7 Å². The van der Waals surface area contributed by atoms with Crippen molar-refractivity contribution in [1.82, 2.24) is 14.9 Å². The summed E-state index contributed by atoms with van der Waals surface area (Å²) in [6, 6.07) is 1.94. The number of nitrogens with zero attached hydrogens (tertiary/aromatic N) is 3. The van der Waals surface area contributed by atoms with Gasteiger partial charge in [0.2, 0.25) is 0 Å². The summed E-state index contributed by atoms with van der Waals surface area (Å²) in [5, 5.41) is 3.40. The topological polar surface area (TPSA) is 41.1 Å². The average molecular weight is 327 g/mol. The molecule has 1 fully saturated rings. The molecule has 0 aliphatic carbocycles. The summed E-state index contributed by atoms with van der Waals surface area (Å²) in [7, 11) is 0. The lowest BCUT2D eigenvalue weighted by molar-refractivity contribution is 0.352. The van der Waals surface area contributed by atoms with Gasteiger partial charge in [0.25, 0.3) is 0 Å². The minimum atomic E-state index is -0.0326. The van der Waals surface area contributed by atoms with Crippen LogP contribution in [0.15, 0.2) is 10.7 Å². The molecule has 1 N–H and O–H groups in total. The molecule has 1 aromatic rings. The molecule has 2 heterocycles. The third kappa shape index (κ3) is 4.42. The predicted octanol–water partition coefficient (Wildman–Crippen LogP) is 3.04. The highest BCUT2D eigenvalue weighted by Crippen LogP contribution is 2.22. The molecule has 106 valence electrons. The van der Waals surface area contributed by atoms with Crippen LogP contribution in [-0.4, -0.2) is 41.0 Å². The maximum atomic E-state index is 4.60. The van der Waals surface area contributed by atoms with Gasteiger partial charge in [0.05, 0.1) is 0 Å². The first-order valence-corrected chi connectivity index (χ1v) is 7.76. The van der Waals surface area contributed by atoms with Gasteiger partial charge in [-0.3, -0.25) is 0 Å². The van der Waals surface area contributed by atoms with Crippen molar-refractivity contribution in [3.05, 3.63) is 16.5 Å². The van der Waals surface area contributed by atoms with Crippen LogP contribution in [0.4, 0.5) is 5.82 Å². The number of aromatic nitrogens is 2. The lowest BCUT2D eigenvalue weighted by atomic mass is 9.96. The summed E-state index contributed by atoms with van der Waals surface area (Å²) in [5.41, 5.74) is -0.0326. The molecule has 1 aromatic heterocycles. The average Bonchev–Trinajstić information content (AvgIpc) is 2.80. The molecule has 0 saturated carbocycles. The van der Waals surface area contributed by atoms with Gasteiger partial charge in [0.15, 0.2) is 0 Å². The van der Waals surface area contributed by atoms with Gasteiger partial charge in [0.1, 0.15) is 16.2 Å². The fourth-order valence-corrected chi connectivity index (χ4v) is 2.58. The van der Waals surface area contributed by atoms with Crippen molar-refractivity contribution in [2.75, 3.05) is 31.5 Å². The first-order chi connectivity index (χ1) is 8.95. The highest BCUT2D eigenvalue weighted by atomic mass is 79.9. The summed E-state index contributed by atoms with van der Waals surface area (Å²) in [6.07, 6.45) is 2.68. The molecule has 0 aromatic carbocycles. The zero-order chi connectivity index (χ0) is 13.9. The molecule has 1 saturated heterocycles. The van der Waals surface area contributed by atoms with E-state index in [4.69, 9.17) is 0 Å². The minimum absolute atomic E-state index is 0.0326. The molecular formula is C14H23BrN4. The zero-order valence-electron chi connectivity index (χ0n) is 12.0. The Bertz CT molecular complexity index is 422.